The second kappa shape index (κ2) is 6.31. The fourth-order valence-corrected chi connectivity index (χ4v) is 2.24. The summed E-state index contributed by atoms with van der Waals surface area (Å²) in [7, 11) is 0. The molecule has 3 N–H and O–H groups in total. The molecule has 0 aliphatic carbocycles. The van der Waals surface area contributed by atoms with Crippen LogP contribution in [0.1, 0.15) is 31.0 Å². The van der Waals surface area contributed by atoms with E-state index in [4.69, 9.17) is 0 Å². The quantitative estimate of drug-likeness (QED) is 0.799. The molecule has 4 nitrogen and oxygen atoms in total. The highest BCUT2D eigenvalue weighted by Crippen LogP contribution is 2.28. The second-order valence-corrected chi connectivity index (χ2v) is 5.19. The van der Waals surface area contributed by atoms with Crippen LogP contribution >= 0.6 is 0 Å². The van der Waals surface area contributed by atoms with E-state index in [0.717, 1.165) is 22.5 Å². The lowest BCUT2D eigenvalue weighted by molar-refractivity contribution is -0.114. The Bertz CT molecular complexity index is 653. The van der Waals surface area contributed by atoms with Crippen molar-refractivity contribution in [3.63, 3.8) is 0 Å². The van der Waals surface area contributed by atoms with Gasteiger partial charge in [-0.1, -0.05) is 18.2 Å². The standard InChI is InChI=1S/C17H20N2O2/c1-11-7-8-16(17(21)9-11)12(2)18-14-5-4-6-15(10-14)19-13(3)20/h4-10,12,18,21H,1-3H3,(H,19,20). The minimum Gasteiger partial charge on any atom is -0.508 e. The van der Waals surface area contributed by atoms with Crippen LogP contribution in [0.15, 0.2) is 42.5 Å². The minimum atomic E-state index is -0.101. The van der Waals surface area contributed by atoms with Crippen LogP contribution in [0.3, 0.4) is 0 Å². The van der Waals surface area contributed by atoms with Crippen LogP contribution in [0.2, 0.25) is 0 Å². The highest BCUT2D eigenvalue weighted by Gasteiger charge is 2.10. The number of hydrogen-bond donors (Lipinski definition) is 3. The lowest BCUT2D eigenvalue weighted by Gasteiger charge is -2.18. The van der Waals surface area contributed by atoms with Crippen LogP contribution in [-0.4, -0.2) is 11.0 Å². The van der Waals surface area contributed by atoms with Gasteiger partial charge in [0, 0.05) is 23.9 Å². The molecule has 2 aromatic carbocycles. The van der Waals surface area contributed by atoms with Crippen molar-refractivity contribution in [3.05, 3.63) is 53.6 Å². The number of aromatic hydroxyl groups is 1. The fourth-order valence-electron chi connectivity index (χ4n) is 2.24. The largest absolute Gasteiger partial charge is 0.508 e. The van der Waals surface area contributed by atoms with Crippen LogP contribution in [0, 0.1) is 6.92 Å². The Labute approximate surface area is 124 Å². The summed E-state index contributed by atoms with van der Waals surface area (Å²) in [6.07, 6.45) is 0. The topological polar surface area (TPSA) is 61.4 Å². The molecule has 0 bridgehead atoms. The Morgan fingerprint density at radius 2 is 1.86 bits per heavy atom. The highest BCUT2D eigenvalue weighted by molar-refractivity contribution is 5.89. The molecule has 110 valence electrons. The summed E-state index contributed by atoms with van der Waals surface area (Å²) in [6.45, 7) is 5.40. The normalized spacial score (nSPS) is 11.8. The third-order valence-corrected chi connectivity index (χ3v) is 3.22. The van der Waals surface area contributed by atoms with Crippen molar-refractivity contribution in [2.75, 3.05) is 10.6 Å². The first-order chi connectivity index (χ1) is 9.95. The first-order valence-electron chi connectivity index (χ1n) is 6.89. The Kier molecular flexibility index (Phi) is 4.48. The van der Waals surface area contributed by atoms with Crippen LogP contribution in [-0.2, 0) is 4.79 Å². The van der Waals surface area contributed by atoms with Gasteiger partial charge in [-0.3, -0.25) is 4.79 Å². The molecule has 0 aliphatic rings. The van der Waals surface area contributed by atoms with Gasteiger partial charge in [-0.05, 0) is 43.7 Å². The van der Waals surface area contributed by atoms with Gasteiger partial charge in [0.2, 0.25) is 5.91 Å². The molecule has 2 aromatic rings. The van der Waals surface area contributed by atoms with E-state index in [2.05, 4.69) is 10.6 Å². The van der Waals surface area contributed by atoms with Gasteiger partial charge in [-0.15, -0.1) is 0 Å². The van der Waals surface area contributed by atoms with E-state index in [0.29, 0.717) is 0 Å². The van der Waals surface area contributed by atoms with Crippen molar-refractivity contribution in [1.82, 2.24) is 0 Å². The van der Waals surface area contributed by atoms with Crippen molar-refractivity contribution < 1.29 is 9.90 Å². The second-order valence-electron chi connectivity index (χ2n) is 5.19. The summed E-state index contributed by atoms with van der Waals surface area (Å²) in [5.74, 6) is 0.185. The fraction of sp³-hybridized carbons (Fsp3) is 0.235. The molecule has 0 aromatic heterocycles. The SMILES string of the molecule is CC(=O)Nc1cccc(NC(C)c2ccc(C)cc2O)c1. The predicted molar refractivity (Wildman–Crippen MR) is 85.6 cm³/mol. The monoisotopic (exact) mass is 284 g/mol. The minimum absolute atomic E-state index is 0.0434. The number of anilines is 2. The van der Waals surface area contributed by atoms with Gasteiger partial charge in [0.15, 0.2) is 0 Å². The molecule has 1 atom stereocenters. The van der Waals surface area contributed by atoms with Gasteiger partial charge in [-0.25, -0.2) is 0 Å². The van der Waals surface area contributed by atoms with Gasteiger partial charge in [0.25, 0.3) is 0 Å². The molecule has 1 unspecified atom stereocenters. The summed E-state index contributed by atoms with van der Waals surface area (Å²) in [5, 5.41) is 16.1. The Balaban J connectivity index is 2.15. The zero-order valence-corrected chi connectivity index (χ0v) is 12.5. The predicted octanol–water partition coefficient (Wildman–Crippen LogP) is 3.83. The highest BCUT2D eigenvalue weighted by atomic mass is 16.3. The first-order valence-corrected chi connectivity index (χ1v) is 6.89. The van der Waals surface area contributed by atoms with E-state index >= 15 is 0 Å². The zero-order chi connectivity index (χ0) is 15.4. The summed E-state index contributed by atoms with van der Waals surface area (Å²) in [4.78, 5) is 11.1. The molecule has 0 spiro atoms. The number of amides is 1. The number of carbonyl (C=O) groups is 1. The molecule has 1 amide bonds. The van der Waals surface area contributed by atoms with E-state index in [-0.39, 0.29) is 17.7 Å². The van der Waals surface area contributed by atoms with E-state index < -0.39 is 0 Å². The molecule has 0 radical (unpaired) electrons. The number of aryl methyl sites for hydroxylation is 1. The van der Waals surface area contributed by atoms with Crippen LogP contribution < -0.4 is 10.6 Å². The number of hydrogen-bond acceptors (Lipinski definition) is 3. The van der Waals surface area contributed by atoms with Gasteiger partial charge in [-0.2, -0.15) is 0 Å². The van der Waals surface area contributed by atoms with Gasteiger partial charge < -0.3 is 15.7 Å². The molecule has 0 saturated heterocycles. The number of phenols is 1. The average Bonchev–Trinajstić information content (AvgIpc) is 2.37. The average molecular weight is 284 g/mol. The number of carbonyl (C=O) groups excluding carboxylic acids is 1. The molecule has 21 heavy (non-hydrogen) atoms. The maximum atomic E-state index is 11.1. The lowest BCUT2D eigenvalue weighted by atomic mass is 10.0. The van der Waals surface area contributed by atoms with Crippen molar-refractivity contribution in [1.29, 1.82) is 0 Å². The zero-order valence-electron chi connectivity index (χ0n) is 12.5. The van der Waals surface area contributed by atoms with Crippen LogP contribution in [0.5, 0.6) is 5.75 Å². The molecular formula is C17H20N2O2. The summed E-state index contributed by atoms with van der Waals surface area (Å²) >= 11 is 0. The smallest absolute Gasteiger partial charge is 0.221 e. The maximum absolute atomic E-state index is 11.1. The molecule has 0 saturated carbocycles. The van der Waals surface area contributed by atoms with Gasteiger partial charge >= 0.3 is 0 Å². The number of phenolic OH excluding ortho intramolecular Hbond substituents is 1. The Morgan fingerprint density at radius 3 is 2.52 bits per heavy atom. The molecular weight excluding hydrogens is 264 g/mol. The summed E-state index contributed by atoms with van der Waals surface area (Å²) < 4.78 is 0. The van der Waals surface area contributed by atoms with Gasteiger partial charge in [0.05, 0.1) is 6.04 Å². The molecule has 4 heteroatoms. The molecule has 0 fully saturated rings. The van der Waals surface area contributed by atoms with Crippen molar-refractivity contribution in [2.24, 2.45) is 0 Å². The lowest BCUT2D eigenvalue weighted by Crippen LogP contribution is -2.09. The van der Waals surface area contributed by atoms with E-state index in [1.54, 1.807) is 6.07 Å². The van der Waals surface area contributed by atoms with E-state index in [1.165, 1.54) is 6.92 Å². The van der Waals surface area contributed by atoms with Gasteiger partial charge in [0.1, 0.15) is 5.75 Å². The number of rotatable bonds is 4. The van der Waals surface area contributed by atoms with Crippen molar-refractivity contribution >= 4 is 17.3 Å². The first kappa shape index (κ1) is 14.9. The number of benzene rings is 2. The third kappa shape index (κ3) is 3.99. The molecule has 0 heterocycles. The van der Waals surface area contributed by atoms with Crippen LogP contribution in [0.4, 0.5) is 11.4 Å². The Hall–Kier alpha value is -2.49. The van der Waals surface area contributed by atoms with E-state index in [1.807, 2.05) is 50.2 Å². The molecule has 0 aliphatic heterocycles. The number of nitrogens with one attached hydrogen (secondary N) is 2. The van der Waals surface area contributed by atoms with Crippen LogP contribution in [0.25, 0.3) is 0 Å². The van der Waals surface area contributed by atoms with Crippen molar-refractivity contribution in [2.45, 2.75) is 26.8 Å². The Morgan fingerprint density at radius 1 is 1.14 bits per heavy atom. The maximum Gasteiger partial charge on any atom is 0.221 e. The summed E-state index contributed by atoms with van der Waals surface area (Å²) in [5.41, 5.74) is 3.49. The van der Waals surface area contributed by atoms with E-state index in [9.17, 15) is 9.90 Å². The van der Waals surface area contributed by atoms with Crippen molar-refractivity contribution in [3.8, 4) is 5.75 Å². The third-order valence-electron chi connectivity index (χ3n) is 3.22. The molecule has 2 rings (SSSR count). The summed E-state index contributed by atoms with van der Waals surface area (Å²) in [6, 6.07) is 13.1.